The summed E-state index contributed by atoms with van der Waals surface area (Å²) < 4.78 is 7.02. The molecule has 1 rings (SSSR count). The first-order chi connectivity index (χ1) is 7.44. The summed E-state index contributed by atoms with van der Waals surface area (Å²) in [5, 5.41) is 7.62. The van der Waals surface area contributed by atoms with E-state index in [4.69, 9.17) is 4.74 Å². The van der Waals surface area contributed by atoms with Crippen LogP contribution in [-0.2, 0) is 11.3 Å². The number of hydrogen-bond donors (Lipinski definition) is 1. The number of nitrogens with one attached hydrogen (secondary N) is 1. The highest BCUT2D eigenvalue weighted by Gasteiger charge is 2.14. The average Bonchev–Trinajstić information content (AvgIpc) is 2.61. The van der Waals surface area contributed by atoms with Gasteiger partial charge in [-0.15, -0.1) is 0 Å². The lowest BCUT2D eigenvalue weighted by molar-refractivity contribution is 0.154. The highest BCUT2D eigenvalue weighted by molar-refractivity contribution is 4.88. The molecule has 0 saturated heterocycles. The molecule has 0 spiro atoms. The summed E-state index contributed by atoms with van der Waals surface area (Å²) in [5.41, 5.74) is 0.0846. The molecule has 1 N–H and O–H groups in total. The fourth-order valence-corrected chi connectivity index (χ4v) is 1.42. The van der Waals surface area contributed by atoms with Crippen LogP contribution in [0.3, 0.4) is 0 Å². The Morgan fingerprint density at radius 3 is 2.75 bits per heavy atom. The normalized spacial score (nSPS) is 14.1. The molecular weight excluding hydrogens is 204 g/mol. The zero-order valence-electron chi connectivity index (χ0n) is 10.8. The van der Waals surface area contributed by atoms with E-state index in [0.717, 1.165) is 12.4 Å². The topological polar surface area (TPSA) is 52.0 Å². The van der Waals surface area contributed by atoms with Gasteiger partial charge in [-0.3, -0.25) is 0 Å². The maximum atomic E-state index is 5.12. The molecule has 1 heterocycles. The Balaban J connectivity index is 2.63. The second kappa shape index (κ2) is 5.41. The molecule has 1 aromatic rings. The fraction of sp³-hybridized carbons (Fsp3) is 0.818. The molecule has 0 fully saturated rings. The third-order valence-corrected chi connectivity index (χ3v) is 2.25. The van der Waals surface area contributed by atoms with Gasteiger partial charge >= 0.3 is 0 Å². The summed E-state index contributed by atoms with van der Waals surface area (Å²) in [6.45, 7) is 9.83. The van der Waals surface area contributed by atoms with Gasteiger partial charge in [-0.25, -0.2) is 9.67 Å². The van der Waals surface area contributed by atoms with E-state index >= 15 is 0 Å². The standard InChI is InChI=1S/C11H22N4O/c1-9(7-16-5)15-10(12-8-14-15)6-13-11(2,3)4/h8-9,13H,6-7H2,1-5H3. The molecule has 0 aliphatic heterocycles. The van der Waals surface area contributed by atoms with Crippen molar-refractivity contribution in [3.63, 3.8) is 0 Å². The zero-order valence-corrected chi connectivity index (χ0v) is 10.8. The summed E-state index contributed by atoms with van der Waals surface area (Å²) in [5.74, 6) is 0.944. The Hall–Kier alpha value is -0.940. The van der Waals surface area contributed by atoms with Crippen molar-refractivity contribution < 1.29 is 4.74 Å². The number of aromatic nitrogens is 3. The van der Waals surface area contributed by atoms with Gasteiger partial charge in [0, 0.05) is 12.6 Å². The maximum absolute atomic E-state index is 5.12. The van der Waals surface area contributed by atoms with Crippen molar-refractivity contribution in [3.05, 3.63) is 12.2 Å². The predicted octanol–water partition coefficient (Wildman–Crippen LogP) is 1.37. The number of methoxy groups -OCH3 is 1. The highest BCUT2D eigenvalue weighted by atomic mass is 16.5. The van der Waals surface area contributed by atoms with E-state index < -0.39 is 0 Å². The van der Waals surface area contributed by atoms with Crippen LogP contribution in [0.15, 0.2) is 6.33 Å². The van der Waals surface area contributed by atoms with Crippen LogP contribution in [0.5, 0.6) is 0 Å². The van der Waals surface area contributed by atoms with Gasteiger partial charge in [-0.2, -0.15) is 5.10 Å². The molecule has 16 heavy (non-hydrogen) atoms. The quantitative estimate of drug-likeness (QED) is 0.824. The van der Waals surface area contributed by atoms with Crippen LogP contribution < -0.4 is 5.32 Å². The van der Waals surface area contributed by atoms with Gasteiger partial charge in [-0.05, 0) is 27.7 Å². The number of rotatable bonds is 5. The molecule has 0 bridgehead atoms. The molecule has 1 atom stereocenters. The highest BCUT2D eigenvalue weighted by Crippen LogP contribution is 2.08. The first kappa shape index (κ1) is 13.1. The monoisotopic (exact) mass is 226 g/mol. The van der Waals surface area contributed by atoms with Crippen molar-refractivity contribution >= 4 is 0 Å². The molecule has 0 aliphatic rings. The van der Waals surface area contributed by atoms with Gasteiger partial charge in [0.15, 0.2) is 0 Å². The van der Waals surface area contributed by atoms with Crippen LogP contribution in [-0.4, -0.2) is 34.0 Å². The Morgan fingerprint density at radius 1 is 1.50 bits per heavy atom. The van der Waals surface area contributed by atoms with Gasteiger partial charge in [0.25, 0.3) is 0 Å². The van der Waals surface area contributed by atoms with E-state index in [1.165, 1.54) is 0 Å². The van der Waals surface area contributed by atoms with Gasteiger partial charge in [-0.1, -0.05) is 0 Å². The first-order valence-electron chi connectivity index (χ1n) is 5.56. The summed E-state index contributed by atoms with van der Waals surface area (Å²) in [4.78, 5) is 4.26. The second-order valence-electron chi connectivity index (χ2n) is 5.03. The average molecular weight is 226 g/mol. The molecule has 0 saturated carbocycles. The van der Waals surface area contributed by atoms with E-state index in [-0.39, 0.29) is 11.6 Å². The largest absolute Gasteiger partial charge is 0.382 e. The van der Waals surface area contributed by atoms with Gasteiger partial charge < -0.3 is 10.1 Å². The Bertz CT molecular complexity index is 316. The number of hydrogen-bond acceptors (Lipinski definition) is 4. The molecule has 0 aliphatic carbocycles. The summed E-state index contributed by atoms with van der Waals surface area (Å²) in [6, 6.07) is 0.212. The molecule has 1 aromatic heterocycles. The van der Waals surface area contributed by atoms with Crippen molar-refractivity contribution in [2.75, 3.05) is 13.7 Å². The first-order valence-corrected chi connectivity index (χ1v) is 5.56. The van der Waals surface area contributed by atoms with Crippen LogP contribution in [0.4, 0.5) is 0 Å². The van der Waals surface area contributed by atoms with E-state index in [2.05, 4.69) is 43.1 Å². The Morgan fingerprint density at radius 2 is 2.19 bits per heavy atom. The van der Waals surface area contributed by atoms with E-state index in [9.17, 15) is 0 Å². The van der Waals surface area contributed by atoms with Crippen molar-refractivity contribution in [2.24, 2.45) is 0 Å². The molecule has 92 valence electrons. The minimum absolute atomic E-state index is 0.0846. The van der Waals surface area contributed by atoms with Crippen LogP contribution in [0, 0.1) is 0 Å². The predicted molar refractivity (Wildman–Crippen MR) is 63.2 cm³/mol. The third kappa shape index (κ3) is 3.90. The second-order valence-corrected chi connectivity index (χ2v) is 5.03. The third-order valence-electron chi connectivity index (χ3n) is 2.25. The lowest BCUT2D eigenvalue weighted by Crippen LogP contribution is -2.36. The smallest absolute Gasteiger partial charge is 0.141 e. The van der Waals surface area contributed by atoms with Gasteiger partial charge in [0.05, 0.1) is 19.2 Å². The maximum Gasteiger partial charge on any atom is 0.141 e. The summed E-state index contributed by atoms with van der Waals surface area (Å²) in [7, 11) is 1.69. The van der Waals surface area contributed by atoms with Crippen LogP contribution in [0.1, 0.15) is 39.6 Å². The van der Waals surface area contributed by atoms with Gasteiger partial charge in [0.1, 0.15) is 12.2 Å². The molecule has 0 radical (unpaired) electrons. The van der Waals surface area contributed by atoms with Gasteiger partial charge in [0.2, 0.25) is 0 Å². The SMILES string of the molecule is COCC(C)n1ncnc1CNC(C)(C)C. The van der Waals surface area contributed by atoms with Crippen LogP contribution in [0.2, 0.25) is 0 Å². The van der Waals surface area contributed by atoms with Crippen molar-refractivity contribution in [1.82, 2.24) is 20.1 Å². The van der Waals surface area contributed by atoms with Crippen LogP contribution >= 0.6 is 0 Å². The molecule has 1 unspecified atom stereocenters. The fourth-order valence-electron chi connectivity index (χ4n) is 1.42. The Labute approximate surface area is 97.2 Å². The summed E-state index contributed by atoms with van der Waals surface area (Å²) in [6.07, 6.45) is 1.59. The lowest BCUT2D eigenvalue weighted by atomic mass is 10.1. The molecule has 0 amide bonds. The minimum Gasteiger partial charge on any atom is -0.382 e. The van der Waals surface area contributed by atoms with Crippen molar-refractivity contribution in [1.29, 1.82) is 0 Å². The minimum atomic E-state index is 0.0846. The van der Waals surface area contributed by atoms with Crippen molar-refractivity contribution in [2.45, 2.75) is 45.8 Å². The number of nitrogens with zero attached hydrogens (tertiary/aromatic N) is 3. The Kier molecular flexibility index (Phi) is 4.44. The lowest BCUT2D eigenvalue weighted by Gasteiger charge is -2.21. The molecule has 0 aromatic carbocycles. The molecule has 5 nitrogen and oxygen atoms in total. The van der Waals surface area contributed by atoms with Crippen LogP contribution in [0.25, 0.3) is 0 Å². The van der Waals surface area contributed by atoms with E-state index in [0.29, 0.717) is 6.61 Å². The number of ether oxygens (including phenoxy) is 1. The summed E-state index contributed by atoms with van der Waals surface area (Å²) >= 11 is 0. The molecular formula is C11H22N4O. The molecule has 5 heteroatoms. The van der Waals surface area contributed by atoms with Crippen molar-refractivity contribution in [3.8, 4) is 0 Å². The zero-order chi connectivity index (χ0) is 12.2. The van der Waals surface area contributed by atoms with E-state index in [1.807, 2.05) is 4.68 Å². The van der Waals surface area contributed by atoms with E-state index in [1.54, 1.807) is 13.4 Å².